The molecule has 3 rings (SSSR count). The highest BCUT2D eigenvalue weighted by Gasteiger charge is 2.22. The van der Waals surface area contributed by atoms with Gasteiger partial charge in [-0.2, -0.15) is 4.98 Å². The number of benzene rings is 1. The van der Waals surface area contributed by atoms with E-state index in [1.807, 2.05) is 0 Å². The maximum Gasteiger partial charge on any atom is 0.251 e. The largest absolute Gasteiger partial charge is 0.485 e. The van der Waals surface area contributed by atoms with Crippen LogP contribution in [0.4, 0.5) is 0 Å². The Balaban J connectivity index is 1.55. The highest BCUT2D eigenvalue weighted by atomic mass is 16.5. The molecule has 1 aromatic carbocycles. The van der Waals surface area contributed by atoms with Crippen LogP contribution in [0.1, 0.15) is 41.3 Å². The van der Waals surface area contributed by atoms with Gasteiger partial charge < -0.3 is 19.9 Å². The predicted octanol–water partition coefficient (Wildman–Crippen LogP) is 1.36. The summed E-state index contributed by atoms with van der Waals surface area (Å²) in [5.41, 5.74) is 0.472. The molecule has 25 heavy (non-hydrogen) atoms. The number of hydrogen-bond donors (Lipinski definition) is 2. The molecule has 0 spiro atoms. The van der Waals surface area contributed by atoms with Gasteiger partial charge in [-0.25, -0.2) is 0 Å². The van der Waals surface area contributed by atoms with Crippen molar-refractivity contribution in [2.45, 2.75) is 38.8 Å². The molecule has 8 nitrogen and oxygen atoms in total. The molecule has 1 atom stereocenters. The molecule has 1 aliphatic heterocycles. The van der Waals surface area contributed by atoms with Gasteiger partial charge in [-0.1, -0.05) is 5.16 Å². The van der Waals surface area contributed by atoms with Gasteiger partial charge in [-0.15, -0.1) is 0 Å². The Morgan fingerprint density at radius 2 is 2.16 bits per heavy atom. The maximum absolute atomic E-state index is 12.3. The molecule has 0 aliphatic carbocycles. The minimum atomic E-state index is -0.479. The number of amides is 2. The van der Waals surface area contributed by atoms with Crippen LogP contribution in [0.2, 0.25) is 0 Å². The lowest BCUT2D eigenvalue weighted by Gasteiger charge is -2.15. The zero-order chi connectivity index (χ0) is 17.6. The van der Waals surface area contributed by atoms with E-state index >= 15 is 0 Å². The molecule has 1 aliphatic rings. The number of nitrogens with zero attached hydrogens (tertiary/aromatic N) is 2. The molecule has 0 unspecified atom stereocenters. The first-order chi connectivity index (χ1) is 12.1. The van der Waals surface area contributed by atoms with Crippen LogP contribution in [-0.4, -0.2) is 34.5 Å². The molecular formula is C17H20N4O4. The summed E-state index contributed by atoms with van der Waals surface area (Å²) in [7, 11) is 0. The standard InChI is InChI=1S/C17H20N4O4/c1-11-19-15(21-25-11)10-24-13-7-5-12(6-8-13)16(22)20-14-4-2-3-9-18-17(14)23/h5-8,14H,2-4,9-10H2,1H3,(H,18,23)(H,20,22)/t14-/m0/s1. The molecule has 1 saturated heterocycles. The molecule has 2 aromatic rings. The Bertz CT molecular complexity index is 741. The first-order valence-corrected chi connectivity index (χ1v) is 8.22. The number of aromatic nitrogens is 2. The number of aryl methyl sites for hydroxylation is 1. The Kier molecular flexibility index (Phi) is 5.27. The van der Waals surface area contributed by atoms with E-state index in [0.29, 0.717) is 36.0 Å². The minimum Gasteiger partial charge on any atom is -0.485 e. The molecule has 8 heteroatoms. The normalized spacial score (nSPS) is 17.5. The fourth-order valence-corrected chi connectivity index (χ4v) is 2.57. The van der Waals surface area contributed by atoms with Gasteiger partial charge in [0.2, 0.25) is 17.6 Å². The highest BCUT2D eigenvalue weighted by Crippen LogP contribution is 2.14. The van der Waals surface area contributed by atoms with E-state index in [-0.39, 0.29) is 18.4 Å². The van der Waals surface area contributed by atoms with Crippen molar-refractivity contribution < 1.29 is 18.8 Å². The zero-order valence-electron chi connectivity index (χ0n) is 13.9. The lowest BCUT2D eigenvalue weighted by Crippen LogP contribution is -2.45. The average molecular weight is 344 g/mol. The van der Waals surface area contributed by atoms with E-state index < -0.39 is 6.04 Å². The van der Waals surface area contributed by atoms with E-state index in [0.717, 1.165) is 12.8 Å². The van der Waals surface area contributed by atoms with Gasteiger partial charge in [0.15, 0.2) is 6.61 Å². The fourth-order valence-electron chi connectivity index (χ4n) is 2.57. The quantitative estimate of drug-likeness (QED) is 0.848. The van der Waals surface area contributed by atoms with Crippen LogP contribution < -0.4 is 15.4 Å². The van der Waals surface area contributed by atoms with Crippen molar-refractivity contribution in [1.29, 1.82) is 0 Å². The van der Waals surface area contributed by atoms with Gasteiger partial charge >= 0.3 is 0 Å². The summed E-state index contributed by atoms with van der Waals surface area (Å²) in [5, 5.41) is 9.33. The molecule has 132 valence electrons. The summed E-state index contributed by atoms with van der Waals surface area (Å²) in [6.07, 6.45) is 2.50. The van der Waals surface area contributed by atoms with Crippen molar-refractivity contribution in [1.82, 2.24) is 20.8 Å². The predicted molar refractivity (Wildman–Crippen MR) is 87.9 cm³/mol. The topological polar surface area (TPSA) is 106 Å². The molecule has 1 fully saturated rings. The van der Waals surface area contributed by atoms with Crippen molar-refractivity contribution in [3.8, 4) is 5.75 Å². The van der Waals surface area contributed by atoms with Crippen molar-refractivity contribution >= 4 is 11.8 Å². The molecule has 0 radical (unpaired) electrons. The third-order valence-corrected chi connectivity index (χ3v) is 3.89. The molecule has 0 saturated carbocycles. The summed E-state index contributed by atoms with van der Waals surface area (Å²) < 4.78 is 10.4. The molecule has 2 amide bonds. The van der Waals surface area contributed by atoms with Gasteiger partial charge in [0.1, 0.15) is 11.8 Å². The molecule has 1 aromatic heterocycles. The second-order valence-corrected chi connectivity index (χ2v) is 5.86. The smallest absolute Gasteiger partial charge is 0.251 e. The van der Waals surface area contributed by atoms with E-state index in [2.05, 4.69) is 20.8 Å². The first kappa shape index (κ1) is 16.9. The van der Waals surface area contributed by atoms with Gasteiger partial charge in [0, 0.05) is 19.0 Å². The van der Waals surface area contributed by atoms with Crippen molar-refractivity contribution in [3.63, 3.8) is 0 Å². The molecule has 2 heterocycles. The van der Waals surface area contributed by atoms with Gasteiger partial charge in [0.05, 0.1) is 0 Å². The van der Waals surface area contributed by atoms with Crippen molar-refractivity contribution in [2.24, 2.45) is 0 Å². The second-order valence-electron chi connectivity index (χ2n) is 5.86. The third-order valence-electron chi connectivity index (χ3n) is 3.89. The zero-order valence-corrected chi connectivity index (χ0v) is 13.9. The van der Waals surface area contributed by atoms with Crippen LogP contribution in [0.15, 0.2) is 28.8 Å². The van der Waals surface area contributed by atoms with Crippen LogP contribution >= 0.6 is 0 Å². The van der Waals surface area contributed by atoms with E-state index in [1.54, 1.807) is 31.2 Å². The maximum atomic E-state index is 12.3. The minimum absolute atomic E-state index is 0.124. The van der Waals surface area contributed by atoms with Crippen LogP contribution in [0.25, 0.3) is 0 Å². The van der Waals surface area contributed by atoms with Gasteiger partial charge in [-0.3, -0.25) is 9.59 Å². The van der Waals surface area contributed by atoms with Crippen molar-refractivity contribution in [2.75, 3.05) is 6.54 Å². The molecule has 2 N–H and O–H groups in total. The number of nitrogens with one attached hydrogen (secondary N) is 2. The lowest BCUT2D eigenvalue weighted by molar-refractivity contribution is -0.122. The number of carbonyl (C=O) groups excluding carboxylic acids is 2. The highest BCUT2D eigenvalue weighted by molar-refractivity contribution is 5.97. The Labute approximate surface area is 144 Å². The Morgan fingerprint density at radius 3 is 2.88 bits per heavy atom. The monoisotopic (exact) mass is 344 g/mol. The second kappa shape index (κ2) is 7.78. The number of ether oxygens (including phenoxy) is 1. The average Bonchev–Trinajstić information content (AvgIpc) is 2.93. The number of rotatable bonds is 5. The third kappa shape index (κ3) is 4.56. The Hall–Kier alpha value is -2.90. The first-order valence-electron chi connectivity index (χ1n) is 8.22. The fraction of sp³-hybridized carbons (Fsp3) is 0.412. The van der Waals surface area contributed by atoms with Gasteiger partial charge in [0.25, 0.3) is 5.91 Å². The molecular weight excluding hydrogens is 324 g/mol. The lowest BCUT2D eigenvalue weighted by atomic mass is 10.1. The summed E-state index contributed by atoms with van der Waals surface area (Å²) in [6.45, 7) is 2.56. The number of hydrogen-bond acceptors (Lipinski definition) is 6. The summed E-state index contributed by atoms with van der Waals surface area (Å²) in [6, 6.07) is 6.21. The van der Waals surface area contributed by atoms with Gasteiger partial charge in [-0.05, 0) is 43.5 Å². The van der Waals surface area contributed by atoms with Crippen LogP contribution in [0, 0.1) is 6.92 Å². The Morgan fingerprint density at radius 1 is 1.36 bits per heavy atom. The summed E-state index contributed by atoms with van der Waals surface area (Å²) >= 11 is 0. The van der Waals surface area contributed by atoms with Crippen molar-refractivity contribution in [3.05, 3.63) is 41.5 Å². The molecule has 0 bridgehead atoms. The summed E-state index contributed by atoms with van der Waals surface area (Å²) in [4.78, 5) is 28.2. The SMILES string of the molecule is Cc1nc(COc2ccc(C(=O)N[C@H]3CCCCNC3=O)cc2)no1. The number of carbonyl (C=O) groups is 2. The summed E-state index contributed by atoms with van der Waals surface area (Å²) in [5.74, 6) is 1.13. The van der Waals surface area contributed by atoms with Crippen LogP contribution in [-0.2, 0) is 11.4 Å². The van der Waals surface area contributed by atoms with E-state index in [9.17, 15) is 9.59 Å². The van der Waals surface area contributed by atoms with Crippen LogP contribution in [0.5, 0.6) is 5.75 Å². The van der Waals surface area contributed by atoms with E-state index in [1.165, 1.54) is 0 Å². The van der Waals surface area contributed by atoms with E-state index in [4.69, 9.17) is 9.26 Å². The van der Waals surface area contributed by atoms with Crippen LogP contribution in [0.3, 0.4) is 0 Å².